The number of carbonyl (C=O) groups is 1. The molecule has 1 unspecified atom stereocenters. The van der Waals surface area contributed by atoms with Crippen LogP contribution in [0.15, 0.2) is 18.2 Å². The van der Waals surface area contributed by atoms with Gasteiger partial charge in [0.2, 0.25) is 5.91 Å². The van der Waals surface area contributed by atoms with Crippen molar-refractivity contribution in [3.05, 3.63) is 29.0 Å². The van der Waals surface area contributed by atoms with E-state index in [0.29, 0.717) is 17.4 Å². The summed E-state index contributed by atoms with van der Waals surface area (Å²) in [5, 5.41) is 6.22. The Morgan fingerprint density at radius 3 is 3.05 bits per heavy atom. The molecule has 1 saturated heterocycles. The lowest BCUT2D eigenvalue weighted by atomic mass is 9.94. The quantitative estimate of drug-likeness (QED) is 0.891. The maximum absolute atomic E-state index is 13.5. The Balaban J connectivity index is 1.80. The predicted molar refractivity (Wildman–Crippen MR) is 74.9 cm³/mol. The van der Waals surface area contributed by atoms with E-state index in [1.807, 2.05) is 0 Å². The topological polar surface area (TPSA) is 41.1 Å². The van der Waals surface area contributed by atoms with Gasteiger partial charge in [0.1, 0.15) is 5.82 Å². The molecule has 0 spiro atoms. The minimum atomic E-state index is -0.500. The highest BCUT2D eigenvalue weighted by Gasteiger charge is 2.15. The van der Waals surface area contributed by atoms with Crippen LogP contribution in [0.5, 0.6) is 0 Å². The van der Waals surface area contributed by atoms with E-state index in [2.05, 4.69) is 10.6 Å². The van der Waals surface area contributed by atoms with Crippen molar-refractivity contribution < 1.29 is 9.18 Å². The molecule has 0 aromatic heterocycles. The summed E-state index contributed by atoms with van der Waals surface area (Å²) in [4.78, 5) is 11.8. The largest absolute Gasteiger partial charge is 0.324 e. The number of amides is 1. The smallest absolute Gasteiger partial charge is 0.224 e. The lowest BCUT2D eigenvalue weighted by Crippen LogP contribution is -2.30. The number of hydrogen-bond acceptors (Lipinski definition) is 2. The minimum absolute atomic E-state index is 0.146. The molecule has 19 heavy (non-hydrogen) atoms. The van der Waals surface area contributed by atoms with Crippen LogP contribution in [0, 0.1) is 11.7 Å². The molecule has 1 atom stereocenters. The lowest BCUT2D eigenvalue weighted by Gasteiger charge is -2.22. The fourth-order valence-electron chi connectivity index (χ4n) is 2.31. The number of anilines is 1. The summed E-state index contributed by atoms with van der Waals surface area (Å²) in [7, 11) is 0. The van der Waals surface area contributed by atoms with Crippen LogP contribution in [-0.2, 0) is 4.79 Å². The SMILES string of the molecule is O=C(CCC1CCCNC1)Nc1ccc(Cl)cc1F. The lowest BCUT2D eigenvalue weighted by molar-refractivity contribution is -0.116. The second kappa shape index (κ2) is 6.87. The van der Waals surface area contributed by atoms with Gasteiger partial charge in [-0.2, -0.15) is 0 Å². The van der Waals surface area contributed by atoms with Gasteiger partial charge in [0, 0.05) is 11.4 Å². The number of rotatable bonds is 4. The van der Waals surface area contributed by atoms with Gasteiger partial charge in [0.25, 0.3) is 0 Å². The molecule has 1 aromatic carbocycles. The average molecular weight is 285 g/mol. The molecule has 0 aliphatic carbocycles. The molecular formula is C14H18ClFN2O. The molecule has 5 heteroatoms. The zero-order valence-corrected chi connectivity index (χ0v) is 11.5. The molecule has 2 N–H and O–H groups in total. The molecule has 0 saturated carbocycles. The van der Waals surface area contributed by atoms with Crippen molar-refractivity contribution >= 4 is 23.2 Å². The molecule has 1 aromatic rings. The first-order valence-electron chi connectivity index (χ1n) is 6.61. The Labute approximate surface area is 117 Å². The summed E-state index contributed by atoms with van der Waals surface area (Å²) in [6, 6.07) is 4.24. The van der Waals surface area contributed by atoms with E-state index in [1.54, 1.807) is 6.07 Å². The van der Waals surface area contributed by atoms with Gasteiger partial charge in [0.05, 0.1) is 5.69 Å². The van der Waals surface area contributed by atoms with E-state index in [1.165, 1.54) is 12.1 Å². The summed E-state index contributed by atoms with van der Waals surface area (Å²) in [5.41, 5.74) is 0.191. The molecule has 1 fully saturated rings. The fourth-order valence-corrected chi connectivity index (χ4v) is 2.47. The minimum Gasteiger partial charge on any atom is -0.324 e. The Hall–Kier alpha value is -1.13. The third-order valence-corrected chi connectivity index (χ3v) is 3.62. The highest BCUT2D eigenvalue weighted by atomic mass is 35.5. The van der Waals surface area contributed by atoms with E-state index < -0.39 is 5.82 Å². The van der Waals surface area contributed by atoms with E-state index in [-0.39, 0.29) is 11.6 Å². The summed E-state index contributed by atoms with van der Waals surface area (Å²) < 4.78 is 13.5. The van der Waals surface area contributed by atoms with Gasteiger partial charge >= 0.3 is 0 Å². The number of hydrogen-bond donors (Lipinski definition) is 2. The van der Waals surface area contributed by atoms with Crippen molar-refractivity contribution in [2.24, 2.45) is 5.92 Å². The molecule has 104 valence electrons. The predicted octanol–water partition coefficient (Wildman–Crippen LogP) is 3.20. The molecular weight excluding hydrogens is 267 g/mol. The molecule has 1 heterocycles. The van der Waals surface area contributed by atoms with E-state index in [4.69, 9.17) is 11.6 Å². The standard InChI is InChI=1S/C14H18ClFN2O/c15-11-4-5-13(12(16)8-11)18-14(19)6-3-10-2-1-7-17-9-10/h4-5,8,10,17H,1-3,6-7,9H2,(H,18,19). The van der Waals surface area contributed by atoms with Gasteiger partial charge in [-0.05, 0) is 56.5 Å². The molecule has 0 radical (unpaired) electrons. The first-order valence-corrected chi connectivity index (χ1v) is 6.98. The van der Waals surface area contributed by atoms with Crippen molar-refractivity contribution in [2.75, 3.05) is 18.4 Å². The number of carbonyl (C=O) groups excluding carboxylic acids is 1. The van der Waals surface area contributed by atoms with Crippen molar-refractivity contribution in [2.45, 2.75) is 25.7 Å². The Morgan fingerprint density at radius 1 is 1.53 bits per heavy atom. The molecule has 2 rings (SSSR count). The Kier molecular flexibility index (Phi) is 5.16. The maximum Gasteiger partial charge on any atom is 0.224 e. The van der Waals surface area contributed by atoms with Crippen LogP contribution in [0.1, 0.15) is 25.7 Å². The van der Waals surface area contributed by atoms with Crippen molar-refractivity contribution in [3.8, 4) is 0 Å². The molecule has 3 nitrogen and oxygen atoms in total. The zero-order chi connectivity index (χ0) is 13.7. The highest BCUT2D eigenvalue weighted by molar-refractivity contribution is 6.30. The number of benzene rings is 1. The number of halogens is 2. The van der Waals surface area contributed by atoms with Crippen LogP contribution < -0.4 is 10.6 Å². The summed E-state index contributed by atoms with van der Waals surface area (Å²) >= 11 is 5.66. The normalized spacial score (nSPS) is 19.2. The van der Waals surface area contributed by atoms with Gasteiger partial charge in [-0.15, -0.1) is 0 Å². The summed E-state index contributed by atoms with van der Waals surface area (Å²) in [6.45, 7) is 2.04. The van der Waals surface area contributed by atoms with E-state index >= 15 is 0 Å². The molecule has 1 aliphatic rings. The van der Waals surface area contributed by atoms with Crippen LogP contribution >= 0.6 is 11.6 Å². The molecule has 1 aliphatic heterocycles. The van der Waals surface area contributed by atoms with Gasteiger partial charge in [-0.25, -0.2) is 4.39 Å². The van der Waals surface area contributed by atoms with Gasteiger partial charge in [-0.1, -0.05) is 11.6 Å². The van der Waals surface area contributed by atoms with Crippen LogP contribution in [0.2, 0.25) is 5.02 Å². The third-order valence-electron chi connectivity index (χ3n) is 3.38. The number of nitrogens with one attached hydrogen (secondary N) is 2. The van der Waals surface area contributed by atoms with Crippen molar-refractivity contribution in [3.63, 3.8) is 0 Å². The van der Waals surface area contributed by atoms with Crippen LogP contribution in [0.4, 0.5) is 10.1 Å². The zero-order valence-electron chi connectivity index (χ0n) is 10.7. The van der Waals surface area contributed by atoms with Gasteiger partial charge in [0.15, 0.2) is 0 Å². The highest BCUT2D eigenvalue weighted by Crippen LogP contribution is 2.20. The summed E-state index contributed by atoms with van der Waals surface area (Å²) in [6.07, 6.45) is 3.59. The van der Waals surface area contributed by atoms with Gasteiger partial charge < -0.3 is 10.6 Å². The van der Waals surface area contributed by atoms with E-state index in [0.717, 1.165) is 32.4 Å². The monoisotopic (exact) mass is 284 g/mol. The third kappa shape index (κ3) is 4.48. The number of piperidine rings is 1. The van der Waals surface area contributed by atoms with E-state index in [9.17, 15) is 9.18 Å². The van der Waals surface area contributed by atoms with Crippen molar-refractivity contribution in [1.82, 2.24) is 5.32 Å². The van der Waals surface area contributed by atoms with Crippen LogP contribution in [-0.4, -0.2) is 19.0 Å². The Bertz CT molecular complexity index is 447. The first kappa shape index (κ1) is 14.3. The fraction of sp³-hybridized carbons (Fsp3) is 0.500. The van der Waals surface area contributed by atoms with Crippen molar-refractivity contribution in [1.29, 1.82) is 0 Å². The maximum atomic E-state index is 13.5. The first-order chi connectivity index (χ1) is 9.15. The van der Waals surface area contributed by atoms with Crippen LogP contribution in [0.3, 0.4) is 0 Å². The summed E-state index contributed by atoms with van der Waals surface area (Å²) in [5.74, 6) is -0.0958. The second-order valence-electron chi connectivity index (χ2n) is 4.92. The average Bonchev–Trinajstić information content (AvgIpc) is 2.41. The van der Waals surface area contributed by atoms with Crippen LogP contribution in [0.25, 0.3) is 0 Å². The molecule has 1 amide bonds. The molecule has 0 bridgehead atoms. The Morgan fingerprint density at radius 2 is 2.37 bits per heavy atom. The second-order valence-corrected chi connectivity index (χ2v) is 5.36. The van der Waals surface area contributed by atoms with Gasteiger partial charge in [-0.3, -0.25) is 4.79 Å².